The first kappa shape index (κ1) is 16.6. The lowest BCUT2D eigenvalue weighted by molar-refractivity contribution is 0.226. The summed E-state index contributed by atoms with van der Waals surface area (Å²) < 4.78 is 7.56. The molecule has 1 fully saturated rings. The number of nitrogens with zero attached hydrogens (tertiary/aromatic N) is 2. The van der Waals surface area contributed by atoms with E-state index in [1.54, 1.807) is 14.1 Å². The summed E-state index contributed by atoms with van der Waals surface area (Å²) in [5, 5.41) is 2.86. The van der Waals surface area contributed by atoms with E-state index in [2.05, 4.69) is 15.0 Å². The fraction of sp³-hybridized carbons (Fsp3) is 0.750. The topological polar surface area (TPSA) is 83.0 Å². The number of ether oxygens (including phenoxy) is 1. The number of aliphatic imine (C=N–C) groups is 1. The first-order valence-electron chi connectivity index (χ1n) is 6.59. The van der Waals surface area contributed by atoms with Crippen molar-refractivity contribution in [2.24, 2.45) is 4.99 Å². The summed E-state index contributed by atoms with van der Waals surface area (Å²) in [6.45, 7) is 0. The van der Waals surface area contributed by atoms with Gasteiger partial charge < -0.3 is 9.64 Å². The Morgan fingerprint density at radius 3 is 2.45 bits per heavy atom. The molecule has 1 saturated carbocycles. The molecule has 0 spiro atoms. The SMILES string of the molecule is COC(=NC(=O)N(C)C)NC(=O)NSC1CCCCC1. The summed E-state index contributed by atoms with van der Waals surface area (Å²) in [5.74, 6) is 0. The minimum Gasteiger partial charge on any atom is -0.468 e. The highest BCUT2D eigenvalue weighted by Crippen LogP contribution is 2.26. The van der Waals surface area contributed by atoms with E-state index in [-0.39, 0.29) is 6.02 Å². The van der Waals surface area contributed by atoms with Crippen LogP contribution in [0.3, 0.4) is 0 Å². The second-order valence-electron chi connectivity index (χ2n) is 4.73. The lowest BCUT2D eigenvalue weighted by atomic mass is 10.0. The molecule has 0 heterocycles. The first-order chi connectivity index (χ1) is 9.52. The molecule has 4 amide bonds. The number of amidine groups is 1. The summed E-state index contributed by atoms with van der Waals surface area (Å²) >= 11 is 1.42. The van der Waals surface area contributed by atoms with E-state index < -0.39 is 12.1 Å². The summed E-state index contributed by atoms with van der Waals surface area (Å²) in [7, 11) is 4.48. The molecule has 0 atom stereocenters. The van der Waals surface area contributed by atoms with Crippen LogP contribution in [0.2, 0.25) is 0 Å². The lowest BCUT2D eigenvalue weighted by Gasteiger charge is -2.20. The maximum atomic E-state index is 11.7. The van der Waals surface area contributed by atoms with E-state index in [1.165, 1.54) is 43.2 Å². The van der Waals surface area contributed by atoms with Gasteiger partial charge in [0.15, 0.2) is 0 Å². The van der Waals surface area contributed by atoms with Crippen molar-refractivity contribution in [3.05, 3.63) is 0 Å². The van der Waals surface area contributed by atoms with Gasteiger partial charge in [0, 0.05) is 19.3 Å². The Balaban J connectivity index is 2.37. The maximum Gasteiger partial charge on any atom is 0.347 e. The van der Waals surface area contributed by atoms with Gasteiger partial charge in [-0.05, 0) is 24.8 Å². The van der Waals surface area contributed by atoms with Gasteiger partial charge in [0.2, 0.25) is 0 Å². The van der Waals surface area contributed by atoms with Gasteiger partial charge in [-0.25, -0.2) is 9.59 Å². The minimum atomic E-state index is -0.498. The normalized spacial score (nSPS) is 16.4. The third kappa shape index (κ3) is 6.14. The molecule has 0 unspecified atom stereocenters. The number of carbonyl (C=O) groups is 2. The van der Waals surface area contributed by atoms with Gasteiger partial charge in [-0.3, -0.25) is 10.0 Å². The number of hydrogen-bond acceptors (Lipinski definition) is 4. The fourth-order valence-electron chi connectivity index (χ4n) is 1.75. The molecule has 1 rings (SSSR count). The third-order valence-electron chi connectivity index (χ3n) is 2.86. The minimum absolute atomic E-state index is 0.120. The average Bonchev–Trinajstić information content (AvgIpc) is 2.45. The highest BCUT2D eigenvalue weighted by Gasteiger charge is 2.16. The Bertz CT molecular complexity index is 368. The number of carbonyl (C=O) groups excluding carboxylic acids is 2. The number of nitrogens with one attached hydrogen (secondary N) is 2. The van der Waals surface area contributed by atoms with E-state index in [9.17, 15) is 9.59 Å². The Labute approximate surface area is 123 Å². The second-order valence-corrected chi connectivity index (χ2v) is 5.84. The molecular weight excluding hydrogens is 280 g/mol. The number of urea groups is 2. The molecule has 0 aromatic heterocycles. The van der Waals surface area contributed by atoms with Crippen molar-refractivity contribution in [3.8, 4) is 0 Å². The molecule has 0 aliphatic heterocycles. The summed E-state index contributed by atoms with van der Waals surface area (Å²) in [4.78, 5) is 28.0. The van der Waals surface area contributed by atoms with Crippen LogP contribution in [0, 0.1) is 0 Å². The van der Waals surface area contributed by atoms with Gasteiger partial charge in [-0.1, -0.05) is 19.3 Å². The van der Waals surface area contributed by atoms with Crippen LogP contribution >= 0.6 is 11.9 Å². The smallest absolute Gasteiger partial charge is 0.347 e. The predicted molar refractivity (Wildman–Crippen MR) is 79.7 cm³/mol. The van der Waals surface area contributed by atoms with Crippen molar-refractivity contribution in [2.45, 2.75) is 37.4 Å². The van der Waals surface area contributed by atoms with Crippen LogP contribution in [0.5, 0.6) is 0 Å². The van der Waals surface area contributed by atoms with Crippen LogP contribution in [0.25, 0.3) is 0 Å². The van der Waals surface area contributed by atoms with Gasteiger partial charge in [0.1, 0.15) is 0 Å². The molecular formula is C12H22N4O3S. The van der Waals surface area contributed by atoms with E-state index >= 15 is 0 Å². The molecule has 0 aromatic carbocycles. The van der Waals surface area contributed by atoms with Crippen molar-refractivity contribution in [1.82, 2.24) is 14.9 Å². The zero-order valence-corrected chi connectivity index (χ0v) is 13.0. The monoisotopic (exact) mass is 302 g/mol. The molecule has 7 nitrogen and oxygen atoms in total. The Kier molecular flexibility index (Phi) is 7.21. The van der Waals surface area contributed by atoms with Gasteiger partial charge in [0.05, 0.1) is 7.11 Å². The average molecular weight is 302 g/mol. The van der Waals surface area contributed by atoms with E-state index in [0.29, 0.717) is 5.25 Å². The third-order valence-corrected chi connectivity index (χ3v) is 3.97. The molecule has 2 N–H and O–H groups in total. The van der Waals surface area contributed by atoms with E-state index in [0.717, 1.165) is 12.8 Å². The fourth-order valence-corrected chi connectivity index (χ4v) is 2.65. The van der Waals surface area contributed by atoms with E-state index in [1.807, 2.05) is 0 Å². The van der Waals surface area contributed by atoms with Gasteiger partial charge in [0.25, 0.3) is 0 Å². The standard InChI is InChI=1S/C12H22N4O3S/c1-16(2)12(18)14-11(19-3)13-10(17)15-20-9-7-5-4-6-8-9/h9H,4-8H2,1-3H3,(H2,13,14,15,17,18). The predicted octanol–water partition coefficient (Wildman–Crippen LogP) is 1.95. The summed E-state index contributed by atoms with van der Waals surface area (Å²) in [6.07, 6.45) is 5.94. The van der Waals surface area contributed by atoms with Crippen LogP contribution in [-0.4, -0.2) is 49.4 Å². The van der Waals surface area contributed by atoms with Crippen LogP contribution in [0.4, 0.5) is 9.59 Å². The van der Waals surface area contributed by atoms with Crippen LogP contribution in [0.15, 0.2) is 4.99 Å². The zero-order chi connectivity index (χ0) is 15.0. The quantitative estimate of drug-likeness (QED) is 0.464. The Morgan fingerprint density at radius 2 is 1.90 bits per heavy atom. The number of rotatable bonds is 2. The van der Waals surface area contributed by atoms with Crippen molar-refractivity contribution >= 4 is 30.0 Å². The lowest BCUT2D eigenvalue weighted by Crippen LogP contribution is -2.39. The summed E-state index contributed by atoms with van der Waals surface area (Å²) in [5.41, 5.74) is 0. The maximum absolute atomic E-state index is 11.7. The molecule has 20 heavy (non-hydrogen) atoms. The van der Waals surface area contributed by atoms with Crippen LogP contribution in [0.1, 0.15) is 32.1 Å². The zero-order valence-electron chi connectivity index (χ0n) is 12.1. The number of amides is 4. The van der Waals surface area contributed by atoms with Crippen molar-refractivity contribution in [3.63, 3.8) is 0 Å². The van der Waals surface area contributed by atoms with Gasteiger partial charge in [-0.2, -0.15) is 0 Å². The molecule has 1 aliphatic rings. The molecule has 8 heteroatoms. The number of methoxy groups -OCH3 is 1. The highest BCUT2D eigenvalue weighted by atomic mass is 32.2. The van der Waals surface area contributed by atoms with Crippen LogP contribution < -0.4 is 10.0 Å². The second kappa shape index (κ2) is 8.68. The van der Waals surface area contributed by atoms with Crippen molar-refractivity contribution < 1.29 is 14.3 Å². The molecule has 1 aliphatic carbocycles. The first-order valence-corrected chi connectivity index (χ1v) is 7.47. The molecule has 114 valence electrons. The molecule has 0 aromatic rings. The van der Waals surface area contributed by atoms with Gasteiger partial charge >= 0.3 is 18.1 Å². The Morgan fingerprint density at radius 1 is 1.25 bits per heavy atom. The Hall–Kier alpha value is -1.44. The molecule has 0 bridgehead atoms. The number of hydrogen-bond donors (Lipinski definition) is 2. The largest absolute Gasteiger partial charge is 0.468 e. The van der Waals surface area contributed by atoms with Crippen molar-refractivity contribution in [2.75, 3.05) is 21.2 Å². The van der Waals surface area contributed by atoms with Crippen LogP contribution in [-0.2, 0) is 4.74 Å². The summed E-state index contributed by atoms with van der Waals surface area (Å²) in [6, 6.07) is -1.06. The molecule has 0 saturated heterocycles. The van der Waals surface area contributed by atoms with Crippen molar-refractivity contribution in [1.29, 1.82) is 0 Å². The highest BCUT2D eigenvalue weighted by molar-refractivity contribution is 7.98. The van der Waals surface area contributed by atoms with E-state index in [4.69, 9.17) is 4.74 Å². The molecule has 0 radical (unpaired) electrons. The van der Waals surface area contributed by atoms with Gasteiger partial charge in [-0.15, -0.1) is 4.99 Å².